The van der Waals surface area contributed by atoms with Gasteiger partial charge >= 0.3 is 0 Å². The molecule has 146 valence electrons. The molecular weight excluding hydrogens is 356 g/mol. The summed E-state index contributed by atoms with van der Waals surface area (Å²) in [5.41, 5.74) is 3.67. The lowest BCUT2D eigenvalue weighted by atomic mass is 9.93. The molecule has 4 rings (SSSR count). The highest BCUT2D eigenvalue weighted by molar-refractivity contribution is 6.05. The third kappa shape index (κ3) is 3.60. The Hall–Kier alpha value is -2.86. The largest absolute Gasteiger partial charge is 0.488 e. The van der Waals surface area contributed by atoms with Crippen LogP contribution in [-0.2, 0) is 17.6 Å². The van der Waals surface area contributed by atoms with Crippen LogP contribution in [0.1, 0.15) is 41.8 Å². The molecule has 3 N–H and O–H groups in total. The molecule has 28 heavy (non-hydrogen) atoms. The van der Waals surface area contributed by atoms with Crippen LogP contribution in [0.5, 0.6) is 5.75 Å². The second-order valence-corrected chi connectivity index (χ2v) is 8.08. The van der Waals surface area contributed by atoms with Crippen molar-refractivity contribution in [1.82, 2.24) is 0 Å². The van der Waals surface area contributed by atoms with Crippen molar-refractivity contribution in [2.75, 3.05) is 17.2 Å². The molecule has 1 atom stereocenters. The molecule has 6 nitrogen and oxygen atoms in total. The third-order valence-corrected chi connectivity index (χ3v) is 5.39. The van der Waals surface area contributed by atoms with Crippen LogP contribution >= 0.6 is 0 Å². The molecule has 0 saturated heterocycles. The number of hydrogen-bond donors (Lipinski definition) is 3. The van der Waals surface area contributed by atoms with E-state index in [1.165, 1.54) is 0 Å². The minimum absolute atomic E-state index is 0.178. The van der Waals surface area contributed by atoms with Gasteiger partial charge in [-0.15, -0.1) is 0 Å². The minimum Gasteiger partial charge on any atom is -0.488 e. The minimum atomic E-state index is -0.421. The number of benzene rings is 2. The number of aliphatic hydroxyl groups is 1. The Morgan fingerprint density at radius 1 is 1.25 bits per heavy atom. The second-order valence-electron chi connectivity index (χ2n) is 8.08. The second kappa shape index (κ2) is 6.95. The standard InChI is InChI=1S/C22H24N2O4/c1-22(2)8-7-14-10-15(4-6-19(14)28-22)20(26)23-17-5-3-13-9-16(12-25)21(27)24-18(13)11-17/h3-6,10-11,16,25H,7-9,12H2,1-2H3,(H,23,26)(H,24,27). The van der Waals surface area contributed by atoms with Crippen LogP contribution in [0, 0.1) is 5.92 Å². The summed E-state index contributed by atoms with van der Waals surface area (Å²) in [6.07, 6.45) is 2.28. The van der Waals surface area contributed by atoms with E-state index in [9.17, 15) is 14.7 Å². The summed E-state index contributed by atoms with van der Waals surface area (Å²) in [6, 6.07) is 10.9. The number of fused-ring (bicyclic) bond motifs is 2. The molecule has 2 aromatic rings. The normalized spacial score (nSPS) is 19.7. The maximum absolute atomic E-state index is 12.7. The van der Waals surface area contributed by atoms with Crippen molar-refractivity contribution in [2.45, 2.75) is 38.7 Å². The van der Waals surface area contributed by atoms with Gasteiger partial charge in [0.1, 0.15) is 11.4 Å². The Morgan fingerprint density at radius 3 is 2.86 bits per heavy atom. The Kier molecular flexibility index (Phi) is 4.59. The summed E-state index contributed by atoms with van der Waals surface area (Å²) in [5, 5.41) is 15.0. The molecule has 0 radical (unpaired) electrons. The van der Waals surface area contributed by atoms with Crippen molar-refractivity contribution in [3.8, 4) is 5.75 Å². The molecule has 2 amide bonds. The number of rotatable bonds is 3. The molecule has 0 aromatic heterocycles. The highest BCUT2D eigenvalue weighted by Gasteiger charge is 2.27. The topological polar surface area (TPSA) is 87.7 Å². The average Bonchev–Trinajstić information content (AvgIpc) is 2.66. The molecule has 0 spiro atoms. The van der Waals surface area contributed by atoms with Gasteiger partial charge in [-0.05, 0) is 74.6 Å². The van der Waals surface area contributed by atoms with Crippen LogP contribution in [0.4, 0.5) is 11.4 Å². The van der Waals surface area contributed by atoms with Gasteiger partial charge in [-0.1, -0.05) is 6.07 Å². The lowest BCUT2D eigenvalue weighted by Crippen LogP contribution is -2.32. The van der Waals surface area contributed by atoms with E-state index < -0.39 is 5.92 Å². The highest BCUT2D eigenvalue weighted by Crippen LogP contribution is 2.34. The van der Waals surface area contributed by atoms with Crippen LogP contribution < -0.4 is 15.4 Å². The van der Waals surface area contributed by atoms with E-state index in [1.54, 1.807) is 12.1 Å². The molecule has 0 saturated carbocycles. The summed E-state index contributed by atoms with van der Waals surface area (Å²) in [7, 11) is 0. The van der Waals surface area contributed by atoms with Crippen LogP contribution in [-0.4, -0.2) is 29.1 Å². The fourth-order valence-corrected chi connectivity index (χ4v) is 3.69. The van der Waals surface area contributed by atoms with Crippen molar-refractivity contribution < 1.29 is 19.4 Å². The third-order valence-electron chi connectivity index (χ3n) is 5.39. The van der Waals surface area contributed by atoms with E-state index in [4.69, 9.17) is 4.74 Å². The summed E-state index contributed by atoms with van der Waals surface area (Å²) in [4.78, 5) is 24.6. The van der Waals surface area contributed by atoms with Crippen molar-refractivity contribution >= 4 is 23.2 Å². The summed E-state index contributed by atoms with van der Waals surface area (Å²) in [6.45, 7) is 3.95. The van der Waals surface area contributed by atoms with Crippen molar-refractivity contribution in [3.63, 3.8) is 0 Å². The van der Waals surface area contributed by atoms with Crippen LogP contribution in [0.2, 0.25) is 0 Å². The van der Waals surface area contributed by atoms with Gasteiger partial charge in [0.25, 0.3) is 5.91 Å². The van der Waals surface area contributed by atoms with E-state index in [0.29, 0.717) is 23.4 Å². The molecule has 6 heteroatoms. The number of carbonyl (C=O) groups is 2. The van der Waals surface area contributed by atoms with Gasteiger partial charge in [0.15, 0.2) is 0 Å². The van der Waals surface area contributed by atoms with Gasteiger partial charge in [0.2, 0.25) is 5.91 Å². The Bertz CT molecular complexity index is 952. The maximum atomic E-state index is 12.7. The molecule has 0 aliphatic carbocycles. The number of aryl methyl sites for hydroxylation is 1. The lowest BCUT2D eigenvalue weighted by Gasteiger charge is -2.32. The number of ether oxygens (including phenoxy) is 1. The molecule has 2 aromatic carbocycles. The monoisotopic (exact) mass is 380 g/mol. The van der Waals surface area contributed by atoms with Crippen LogP contribution in [0.15, 0.2) is 36.4 Å². The number of aliphatic hydroxyl groups excluding tert-OH is 1. The molecule has 2 aliphatic heterocycles. The van der Waals surface area contributed by atoms with Crippen LogP contribution in [0.3, 0.4) is 0 Å². The fraction of sp³-hybridized carbons (Fsp3) is 0.364. The van der Waals surface area contributed by atoms with Gasteiger partial charge in [0, 0.05) is 16.9 Å². The highest BCUT2D eigenvalue weighted by atomic mass is 16.5. The van der Waals surface area contributed by atoms with Crippen molar-refractivity contribution in [1.29, 1.82) is 0 Å². The zero-order valence-corrected chi connectivity index (χ0v) is 16.0. The van der Waals surface area contributed by atoms with Crippen molar-refractivity contribution in [2.24, 2.45) is 5.92 Å². The van der Waals surface area contributed by atoms with Gasteiger partial charge in [0.05, 0.1) is 12.5 Å². The summed E-state index contributed by atoms with van der Waals surface area (Å²) < 4.78 is 5.97. The predicted octanol–water partition coefficient (Wildman–Crippen LogP) is 3.15. The molecule has 2 aliphatic rings. The maximum Gasteiger partial charge on any atom is 0.255 e. The lowest BCUT2D eigenvalue weighted by molar-refractivity contribution is -0.121. The number of nitrogens with one attached hydrogen (secondary N) is 2. The van der Waals surface area contributed by atoms with Gasteiger partial charge < -0.3 is 20.5 Å². The zero-order valence-electron chi connectivity index (χ0n) is 16.0. The van der Waals surface area contributed by atoms with Gasteiger partial charge in [-0.3, -0.25) is 9.59 Å². The first kappa shape index (κ1) is 18.5. The van der Waals surface area contributed by atoms with Gasteiger partial charge in [-0.25, -0.2) is 0 Å². The van der Waals surface area contributed by atoms with E-state index in [1.807, 2.05) is 24.3 Å². The Labute approximate surface area is 163 Å². The number of amides is 2. The first-order chi connectivity index (χ1) is 13.3. The van der Waals surface area contributed by atoms with Crippen LogP contribution in [0.25, 0.3) is 0 Å². The SMILES string of the molecule is CC1(C)CCc2cc(C(=O)Nc3ccc4c(c3)NC(=O)C(CO)C4)ccc2O1. The molecule has 2 heterocycles. The van der Waals surface area contributed by atoms with E-state index in [-0.39, 0.29) is 24.0 Å². The van der Waals surface area contributed by atoms with E-state index in [0.717, 1.165) is 29.7 Å². The Balaban J connectivity index is 1.50. The molecule has 0 bridgehead atoms. The zero-order chi connectivity index (χ0) is 19.9. The molecule has 0 fully saturated rings. The van der Waals surface area contributed by atoms with E-state index >= 15 is 0 Å². The molecule has 1 unspecified atom stereocenters. The van der Waals surface area contributed by atoms with Crippen molar-refractivity contribution in [3.05, 3.63) is 53.1 Å². The number of hydrogen-bond acceptors (Lipinski definition) is 4. The summed E-state index contributed by atoms with van der Waals surface area (Å²) in [5.74, 6) is 0.0115. The molecular formula is C22H24N2O4. The predicted molar refractivity (Wildman–Crippen MR) is 107 cm³/mol. The average molecular weight is 380 g/mol. The first-order valence-corrected chi connectivity index (χ1v) is 9.52. The Morgan fingerprint density at radius 2 is 2.07 bits per heavy atom. The fourth-order valence-electron chi connectivity index (χ4n) is 3.69. The number of anilines is 2. The first-order valence-electron chi connectivity index (χ1n) is 9.52. The smallest absolute Gasteiger partial charge is 0.255 e. The van der Waals surface area contributed by atoms with E-state index in [2.05, 4.69) is 24.5 Å². The quantitative estimate of drug-likeness (QED) is 0.763. The number of carbonyl (C=O) groups excluding carboxylic acids is 2. The van der Waals surface area contributed by atoms with Gasteiger partial charge in [-0.2, -0.15) is 0 Å². The summed E-state index contributed by atoms with van der Waals surface area (Å²) >= 11 is 0.